The van der Waals surface area contributed by atoms with Crippen LogP contribution in [0.25, 0.3) is 0 Å². The zero-order valence-electron chi connectivity index (χ0n) is 8.37. The monoisotopic (exact) mass is 187 g/mol. The van der Waals surface area contributed by atoms with Crippen LogP contribution in [0.5, 0.6) is 0 Å². The smallest absolute Gasteiger partial charge is 0.302 e. The maximum absolute atomic E-state index is 10.5. The van der Waals surface area contributed by atoms with E-state index >= 15 is 0 Å². The maximum Gasteiger partial charge on any atom is 0.302 e. The molecule has 0 rings (SSSR count). The Morgan fingerprint density at radius 3 is 2.54 bits per heavy atom. The fourth-order valence-corrected chi connectivity index (χ4v) is 1.07. The first-order valence-corrected chi connectivity index (χ1v) is 4.39. The largest absolute Gasteiger partial charge is 0.464 e. The van der Waals surface area contributed by atoms with Gasteiger partial charge in [-0.25, -0.2) is 0 Å². The molecule has 13 heavy (non-hydrogen) atoms. The fraction of sp³-hybridized carbons (Fsp3) is 0.778. The van der Waals surface area contributed by atoms with E-state index in [-0.39, 0.29) is 18.6 Å². The van der Waals surface area contributed by atoms with Crippen LogP contribution in [0.3, 0.4) is 0 Å². The number of hydrogen-bond donors (Lipinski definition) is 1. The summed E-state index contributed by atoms with van der Waals surface area (Å²) in [5.74, 6) is 0.148. The second-order valence-electron chi connectivity index (χ2n) is 3.41. The van der Waals surface area contributed by atoms with E-state index in [1.807, 2.05) is 13.8 Å². The highest BCUT2D eigenvalue weighted by molar-refractivity contribution is 5.65. The Kier molecular flexibility index (Phi) is 5.93. The van der Waals surface area contributed by atoms with Crippen molar-refractivity contribution in [1.29, 1.82) is 0 Å². The molecule has 0 aliphatic heterocycles. The Balaban J connectivity index is 3.79. The zero-order chi connectivity index (χ0) is 10.3. The third-order valence-electron chi connectivity index (χ3n) is 1.55. The van der Waals surface area contributed by atoms with Gasteiger partial charge in [-0.1, -0.05) is 13.8 Å². The van der Waals surface area contributed by atoms with Crippen LogP contribution in [0.1, 0.15) is 27.2 Å². The van der Waals surface area contributed by atoms with Crippen molar-refractivity contribution in [2.24, 2.45) is 5.92 Å². The van der Waals surface area contributed by atoms with Crippen LogP contribution in [0.15, 0.2) is 0 Å². The first-order valence-electron chi connectivity index (χ1n) is 4.39. The van der Waals surface area contributed by atoms with Gasteiger partial charge in [-0.15, -0.1) is 0 Å². The number of amides is 1. The molecule has 4 heteroatoms. The predicted octanol–water partition coefficient (Wildman–Crippen LogP) is 0.710. The van der Waals surface area contributed by atoms with Gasteiger partial charge in [0.05, 0.1) is 6.04 Å². The molecule has 0 aromatic carbocycles. The molecule has 0 aromatic heterocycles. The van der Waals surface area contributed by atoms with E-state index in [1.165, 1.54) is 6.92 Å². The number of ether oxygens (including phenoxy) is 1. The Hall–Kier alpha value is -1.06. The predicted molar refractivity (Wildman–Crippen MR) is 49.1 cm³/mol. The van der Waals surface area contributed by atoms with Crippen LogP contribution in [-0.4, -0.2) is 25.0 Å². The van der Waals surface area contributed by atoms with Crippen LogP contribution < -0.4 is 5.32 Å². The van der Waals surface area contributed by atoms with E-state index in [4.69, 9.17) is 4.74 Å². The highest BCUT2D eigenvalue weighted by Crippen LogP contribution is 2.04. The Morgan fingerprint density at radius 2 is 2.15 bits per heavy atom. The lowest BCUT2D eigenvalue weighted by atomic mass is 10.0. The number of esters is 1. The molecule has 0 aliphatic carbocycles. The minimum absolute atomic E-state index is 0.0681. The van der Waals surface area contributed by atoms with E-state index in [2.05, 4.69) is 5.32 Å². The molecule has 1 amide bonds. The van der Waals surface area contributed by atoms with Crippen molar-refractivity contribution in [2.45, 2.75) is 33.2 Å². The highest BCUT2D eigenvalue weighted by atomic mass is 16.5. The molecule has 0 saturated carbocycles. The Labute approximate surface area is 78.6 Å². The van der Waals surface area contributed by atoms with Crippen molar-refractivity contribution in [3.63, 3.8) is 0 Å². The van der Waals surface area contributed by atoms with Crippen LogP contribution in [0.4, 0.5) is 0 Å². The zero-order valence-corrected chi connectivity index (χ0v) is 8.37. The highest BCUT2D eigenvalue weighted by Gasteiger charge is 2.10. The summed E-state index contributed by atoms with van der Waals surface area (Å²) >= 11 is 0. The second kappa shape index (κ2) is 6.46. The van der Waals surface area contributed by atoms with Gasteiger partial charge in [0.1, 0.15) is 6.61 Å². The van der Waals surface area contributed by atoms with Gasteiger partial charge in [0.25, 0.3) is 0 Å². The first kappa shape index (κ1) is 11.9. The lowest BCUT2D eigenvalue weighted by Gasteiger charge is -2.17. The number of hydrogen-bond acceptors (Lipinski definition) is 3. The van der Waals surface area contributed by atoms with Crippen LogP contribution >= 0.6 is 0 Å². The molecule has 0 heterocycles. The molecule has 0 unspecified atom stereocenters. The minimum atomic E-state index is -0.318. The first-order chi connectivity index (χ1) is 6.06. The average Bonchev–Trinajstić information content (AvgIpc) is 1.99. The van der Waals surface area contributed by atoms with Gasteiger partial charge in [-0.05, 0) is 12.3 Å². The molecule has 4 nitrogen and oxygen atoms in total. The maximum atomic E-state index is 10.5. The van der Waals surface area contributed by atoms with Crippen molar-refractivity contribution in [3.05, 3.63) is 0 Å². The number of carbonyl (C=O) groups excluding carboxylic acids is 2. The van der Waals surface area contributed by atoms with Gasteiger partial charge in [0, 0.05) is 6.92 Å². The number of nitrogens with one attached hydrogen (secondary N) is 1. The molecule has 0 saturated heterocycles. The van der Waals surface area contributed by atoms with Crippen molar-refractivity contribution in [2.75, 3.05) is 6.61 Å². The van der Waals surface area contributed by atoms with E-state index in [9.17, 15) is 9.59 Å². The minimum Gasteiger partial charge on any atom is -0.464 e. The van der Waals surface area contributed by atoms with Gasteiger partial charge in [0.15, 0.2) is 0 Å². The van der Waals surface area contributed by atoms with Crippen LogP contribution in [0.2, 0.25) is 0 Å². The summed E-state index contributed by atoms with van der Waals surface area (Å²) in [6.45, 7) is 5.71. The molecule has 1 atom stereocenters. The summed E-state index contributed by atoms with van der Waals surface area (Å²) in [6, 6.07) is -0.0681. The van der Waals surface area contributed by atoms with Crippen molar-refractivity contribution < 1.29 is 14.3 Å². The third-order valence-corrected chi connectivity index (χ3v) is 1.55. The molecule has 1 N–H and O–H groups in total. The number of carbonyl (C=O) groups is 2. The van der Waals surface area contributed by atoms with Gasteiger partial charge in [-0.3, -0.25) is 9.59 Å². The fourth-order valence-electron chi connectivity index (χ4n) is 1.07. The summed E-state index contributed by atoms with van der Waals surface area (Å²) in [5.41, 5.74) is 0. The van der Waals surface area contributed by atoms with Gasteiger partial charge in [0.2, 0.25) is 6.41 Å². The van der Waals surface area contributed by atoms with Crippen molar-refractivity contribution >= 4 is 12.4 Å². The standard InChI is InChI=1S/C9H17NO3/c1-7(2)4-9(10-6-11)5-13-8(3)12/h6-7,9H,4-5H2,1-3H3,(H,10,11)/t9-/m1/s1. The molecule has 0 aromatic rings. The topological polar surface area (TPSA) is 55.4 Å². The average molecular weight is 187 g/mol. The molecule has 0 radical (unpaired) electrons. The van der Waals surface area contributed by atoms with Gasteiger partial charge < -0.3 is 10.1 Å². The molecule has 76 valence electrons. The van der Waals surface area contributed by atoms with E-state index in [0.29, 0.717) is 12.3 Å². The quantitative estimate of drug-likeness (QED) is 0.492. The lowest BCUT2D eigenvalue weighted by molar-refractivity contribution is -0.142. The summed E-state index contributed by atoms with van der Waals surface area (Å²) in [7, 11) is 0. The summed E-state index contributed by atoms with van der Waals surface area (Å²) in [4.78, 5) is 20.7. The molecular formula is C9H17NO3. The van der Waals surface area contributed by atoms with E-state index < -0.39 is 0 Å². The lowest BCUT2D eigenvalue weighted by Crippen LogP contribution is -2.34. The summed E-state index contributed by atoms with van der Waals surface area (Å²) in [5, 5.41) is 2.61. The van der Waals surface area contributed by atoms with Gasteiger partial charge >= 0.3 is 5.97 Å². The molecule has 0 bridgehead atoms. The van der Waals surface area contributed by atoms with Crippen LogP contribution in [0, 0.1) is 5.92 Å². The summed E-state index contributed by atoms with van der Waals surface area (Å²) in [6.07, 6.45) is 1.45. The molecule has 0 spiro atoms. The normalized spacial score (nSPS) is 12.3. The van der Waals surface area contributed by atoms with E-state index in [0.717, 1.165) is 6.42 Å². The molecule has 0 aliphatic rings. The SMILES string of the molecule is CC(=O)OC[C@@H](CC(C)C)NC=O. The third kappa shape index (κ3) is 7.31. The van der Waals surface area contributed by atoms with Crippen LogP contribution in [-0.2, 0) is 14.3 Å². The Bertz CT molecular complexity index is 168. The number of rotatable bonds is 6. The summed E-state index contributed by atoms with van der Waals surface area (Å²) < 4.78 is 4.80. The van der Waals surface area contributed by atoms with Crippen molar-refractivity contribution in [3.8, 4) is 0 Å². The van der Waals surface area contributed by atoms with Gasteiger partial charge in [-0.2, -0.15) is 0 Å². The second-order valence-corrected chi connectivity index (χ2v) is 3.41. The van der Waals surface area contributed by atoms with E-state index in [1.54, 1.807) is 0 Å². The Morgan fingerprint density at radius 1 is 1.54 bits per heavy atom. The van der Waals surface area contributed by atoms with Crippen molar-refractivity contribution in [1.82, 2.24) is 5.32 Å². The molecule has 0 fully saturated rings. The molecular weight excluding hydrogens is 170 g/mol.